The van der Waals surface area contributed by atoms with Crippen LogP contribution in [0.5, 0.6) is 5.75 Å². The van der Waals surface area contributed by atoms with E-state index in [1.54, 1.807) is 18.2 Å². The van der Waals surface area contributed by atoms with Gasteiger partial charge in [-0.25, -0.2) is 4.79 Å². The minimum Gasteiger partial charge on any atom is -0.479 e. The van der Waals surface area contributed by atoms with Gasteiger partial charge in [0.1, 0.15) is 5.75 Å². The maximum absolute atomic E-state index is 11.2. The van der Waals surface area contributed by atoms with Crippen molar-refractivity contribution >= 4 is 27.9 Å². The molecule has 0 fully saturated rings. The molecule has 2 rings (SSSR count). The van der Waals surface area contributed by atoms with Crippen molar-refractivity contribution in [3.8, 4) is 5.75 Å². The fourth-order valence-corrected chi connectivity index (χ4v) is 2.91. The molecular weight excluding hydrogens is 382 g/mol. The number of anilines is 1. The third kappa shape index (κ3) is 7.42. The topological polar surface area (TPSA) is 102 Å². The number of benzene rings is 2. The van der Waals surface area contributed by atoms with Gasteiger partial charge in [0.2, 0.25) is 0 Å². The summed E-state index contributed by atoms with van der Waals surface area (Å²) in [4.78, 5) is 11.0. The zero-order chi connectivity index (χ0) is 20.6. The van der Waals surface area contributed by atoms with Crippen LogP contribution in [0.1, 0.15) is 11.1 Å². The lowest BCUT2D eigenvalue weighted by Crippen LogP contribution is -2.24. The Morgan fingerprint density at radius 1 is 1.21 bits per heavy atom. The molecule has 150 valence electrons. The zero-order valence-electron chi connectivity index (χ0n) is 15.7. The Bertz CT molecular complexity index is 922. The van der Waals surface area contributed by atoms with E-state index in [1.165, 1.54) is 7.11 Å². The van der Waals surface area contributed by atoms with E-state index in [4.69, 9.17) is 14.0 Å². The molecule has 0 aliphatic carbocycles. The number of carbonyl (C=O) groups is 1. The molecule has 2 N–H and O–H groups in total. The van der Waals surface area contributed by atoms with Gasteiger partial charge in [0.25, 0.3) is 0 Å². The van der Waals surface area contributed by atoms with Crippen molar-refractivity contribution in [1.82, 2.24) is 0 Å². The minimum absolute atomic E-state index is 0.268. The Labute approximate surface area is 164 Å². The first kappa shape index (κ1) is 21.5. The highest BCUT2D eigenvalue weighted by molar-refractivity contribution is 7.86. The summed E-state index contributed by atoms with van der Waals surface area (Å²) in [6.45, 7) is 0.562. The van der Waals surface area contributed by atoms with E-state index < -0.39 is 22.2 Å². The van der Waals surface area contributed by atoms with E-state index in [-0.39, 0.29) is 5.75 Å². The molecule has 0 saturated heterocycles. The van der Waals surface area contributed by atoms with Crippen molar-refractivity contribution in [2.45, 2.75) is 12.5 Å². The van der Waals surface area contributed by atoms with Crippen LogP contribution in [0, 0.1) is 0 Å². The third-order valence-electron chi connectivity index (χ3n) is 3.78. The normalized spacial score (nSPS) is 12.6. The van der Waals surface area contributed by atoms with E-state index >= 15 is 0 Å². The van der Waals surface area contributed by atoms with Gasteiger partial charge in [0.15, 0.2) is 6.10 Å². The van der Waals surface area contributed by atoms with Gasteiger partial charge in [-0.05, 0) is 35.4 Å². The van der Waals surface area contributed by atoms with E-state index in [2.05, 4.69) is 5.32 Å². The molecule has 0 saturated carbocycles. The molecule has 7 nitrogen and oxygen atoms in total. The SMILES string of the molecule is COC(Cc1ccc(NC/C=C/c2cccc(OS(C)(=O)=O)c2)cc1)C(=O)O. The van der Waals surface area contributed by atoms with Crippen LogP contribution in [-0.2, 0) is 26.1 Å². The summed E-state index contributed by atoms with van der Waals surface area (Å²) in [6, 6.07) is 14.2. The van der Waals surface area contributed by atoms with E-state index in [1.807, 2.05) is 42.5 Å². The zero-order valence-corrected chi connectivity index (χ0v) is 16.5. The summed E-state index contributed by atoms with van der Waals surface area (Å²) in [5.41, 5.74) is 2.59. The summed E-state index contributed by atoms with van der Waals surface area (Å²) in [5, 5.41) is 12.2. The van der Waals surface area contributed by atoms with Gasteiger partial charge in [-0.1, -0.05) is 36.4 Å². The monoisotopic (exact) mass is 405 g/mol. The molecule has 0 amide bonds. The predicted molar refractivity (Wildman–Crippen MR) is 108 cm³/mol. The van der Waals surface area contributed by atoms with Crippen molar-refractivity contribution in [2.24, 2.45) is 0 Å². The van der Waals surface area contributed by atoms with Crippen molar-refractivity contribution in [3.05, 3.63) is 65.7 Å². The number of carboxylic acid groups (broad SMARTS) is 1. The van der Waals surface area contributed by atoms with Gasteiger partial charge in [0.05, 0.1) is 6.26 Å². The maximum Gasteiger partial charge on any atom is 0.333 e. The Kier molecular flexibility index (Phi) is 7.60. The number of hydrogen-bond acceptors (Lipinski definition) is 6. The lowest BCUT2D eigenvalue weighted by Gasteiger charge is -2.11. The van der Waals surface area contributed by atoms with E-state index in [0.717, 1.165) is 23.1 Å². The highest BCUT2D eigenvalue weighted by atomic mass is 32.2. The Morgan fingerprint density at radius 2 is 1.93 bits per heavy atom. The lowest BCUT2D eigenvalue weighted by molar-refractivity contribution is -0.148. The molecule has 8 heteroatoms. The average Bonchev–Trinajstić information content (AvgIpc) is 2.63. The first-order valence-corrected chi connectivity index (χ1v) is 10.3. The average molecular weight is 405 g/mol. The third-order valence-corrected chi connectivity index (χ3v) is 4.27. The molecule has 2 aromatic rings. The summed E-state index contributed by atoms with van der Waals surface area (Å²) in [5.74, 6) is -0.718. The Morgan fingerprint density at radius 3 is 2.54 bits per heavy atom. The molecule has 0 aliphatic heterocycles. The van der Waals surface area contributed by atoms with Crippen molar-refractivity contribution in [3.63, 3.8) is 0 Å². The van der Waals surface area contributed by atoms with Crippen LogP contribution in [0.25, 0.3) is 6.08 Å². The maximum atomic E-state index is 11.2. The van der Waals surface area contributed by atoms with Crippen molar-refractivity contribution < 1.29 is 27.2 Å². The Balaban J connectivity index is 1.88. The van der Waals surface area contributed by atoms with Gasteiger partial charge >= 0.3 is 16.1 Å². The number of carboxylic acids is 1. The molecule has 0 spiro atoms. The highest BCUT2D eigenvalue weighted by Gasteiger charge is 2.16. The number of nitrogens with one attached hydrogen (secondary N) is 1. The van der Waals surface area contributed by atoms with E-state index in [0.29, 0.717) is 13.0 Å². The number of methoxy groups -OCH3 is 1. The van der Waals surface area contributed by atoms with Gasteiger partial charge in [-0.3, -0.25) is 0 Å². The molecule has 0 heterocycles. The minimum atomic E-state index is -3.55. The van der Waals surface area contributed by atoms with Crippen LogP contribution < -0.4 is 9.50 Å². The number of rotatable bonds is 10. The standard InChI is InChI=1S/C20H23NO6S/c1-26-19(20(22)23)14-16-8-10-17(11-9-16)21-12-4-6-15-5-3-7-18(13-15)27-28(2,24)25/h3-11,13,19,21H,12,14H2,1-2H3,(H,22,23)/b6-4+. The smallest absolute Gasteiger partial charge is 0.333 e. The molecule has 2 aromatic carbocycles. The summed E-state index contributed by atoms with van der Waals surface area (Å²) in [7, 11) is -2.17. The predicted octanol–water partition coefficient (Wildman–Crippen LogP) is 2.79. The first-order valence-electron chi connectivity index (χ1n) is 8.51. The van der Waals surface area contributed by atoms with Gasteiger partial charge in [-0.15, -0.1) is 0 Å². The van der Waals surface area contributed by atoms with Crippen LogP contribution in [-0.4, -0.2) is 45.5 Å². The second-order valence-electron chi connectivity index (χ2n) is 6.11. The van der Waals surface area contributed by atoms with Crippen LogP contribution in [0.3, 0.4) is 0 Å². The Hall–Kier alpha value is -2.84. The highest BCUT2D eigenvalue weighted by Crippen LogP contribution is 2.16. The molecule has 0 aromatic heterocycles. The van der Waals surface area contributed by atoms with Crippen LogP contribution >= 0.6 is 0 Å². The van der Waals surface area contributed by atoms with Gasteiger partial charge in [-0.2, -0.15) is 8.42 Å². The largest absolute Gasteiger partial charge is 0.479 e. The molecule has 0 aliphatic rings. The van der Waals surface area contributed by atoms with Crippen LogP contribution in [0.2, 0.25) is 0 Å². The van der Waals surface area contributed by atoms with Gasteiger partial charge in [0, 0.05) is 25.8 Å². The fourth-order valence-electron chi connectivity index (χ4n) is 2.46. The van der Waals surface area contributed by atoms with Crippen molar-refractivity contribution in [2.75, 3.05) is 25.2 Å². The molecule has 1 unspecified atom stereocenters. The van der Waals surface area contributed by atoms with E-state index in [9.17, 15) is 13.2 Å². The van der Waals surface area contributed by atoms with Gasteiger partial charge < -0.3 is 19.3 Å². The summed E-state index contributed by atoms with van der Waals surface area (Å²) < 4.78 is 32.1. The molecule has 0 bridgehead atoms. The molecule has 28 heavy (non-hydrogen) atoms. The van der Waals surface area contributed by atoms with Crippen LogP contribution in [0.15, 0.2) is 54.6 Å². The molecule has 0 radical (unpaired) electrons. The second-order valence-corrected chi connectivity index (χ2v) is 7.68. The molecular formula is C20H23NO6S. The number of ether oxygens (including phenoxy) is 1. The first-order chi connectivity index (χ1) is 13.3. The second kappa shape index (κ2) is 9.91. The fraction of sp³-hybridized carbons (Fsp3) is 0.250. The van der Waals surface area contributed by atoms with Crippen LogP contribution in [0.4, 0.5) is 5.69 Å². The number of hydrogen-bond donors (Lipinski definition) is 2. The number of aliphatic carboxylic acids is 1. The molecule has 1 atom stereocenters. The van der Waals surface area contributed by atoms with Crippen molar-refractivity contribution in [1.29, 1.82) is 0 Å². The lowest BCUT2D eigenvalue weighted by atomic mass is 10.1. The summed E-state index contributed by atoms with van der Waals surface area (Å²) in [6.07, 6.45) is 4.20. The summed E-state index contributed by atoms with van der Waals surface area (Å²) >= 11 is 0. The quantitative estimate of drug-likeness (QED) is 0.586.